The Bertz CT molecular complexity index is 1030. The molecule has 3 aromatic heterocycles. The van der Waals surface area contributed by atoms with Crippen molar-refractivity contribution in [3.8, 4) is 0 Å². The second kappa shape index (κ2) is 8.00. The molecule has 0 spiro atoms. The van der Waals surface area contributed by atoms with Crippen molar-refractivity contribution in [2.75, 3.05) is 0 Å². The maximum atomic E-state index is 12.7. The van der Waals surface area contributed by atoms with Crippen LogP contribution in [0.1, 0.15) is 41.1 Å². The number of aliphatic hydroxyl groups excluding tert-OH is 1. The average molecular weight is 398 g/mol. The van der Waals surface area contributed by atoms with Crippen LogP contribution in [0.2, 0.25) is 0 Å². The van der Waals surface area contributed by atoms with E-state index in [0.29, 0.717) is 36.2 Å². The number of fused-ring (bicyclic) bond motifs is 1. The lowest BCUT2D eigenvalue weighted by Gasteiger charge is -2.33. The molecule has 1 aliphatic rings. The summed E-state index contributed by atoms with van der Waals surface area (Å²) in [5.74, 6) is -0.217. The summed E-state index contributed by atoms with van der Waals surface area (Å²) in [5, 5.41) is 27.6. The standard InChI is InChI=1S/C19H22N6O4/c1-11-7-13(29-24-11)9-20-18(27)12-4-5-16(26)15(8-12)22-19(28)14-3-2-6-25-10-21-23-17(14)25/h2-3,6-7,10,12,15-16,26H,4-5,8-9H2,1H3,(H,20,27)(H,22,28)/t12-,15+,16+/m0/s1. The summed E-state index contributed by atoms with van der Waals surface area (Å²) in [6.07, 6.45) is 3.88. The third-order valence-electron chi connectivity index (χ3n) is 5.18. The van der Waals surface area contributed by atoms with Gasteiger partial charge in [0.15, 0.2) is 11.4 Å². The van der Waals surface area contributed by atoms with Gasteiger partial charge in [-0.2, -0.15) is 0 Å². The van der Waals surface area contributed by atoms with Gasteiger partial charge in [0.05, 0.1) is 29.9 Å². The molecule has 3 atom stereocenters. The van der Waals surface area contributed by atoms with Gasteiger partial charge in [0, 0.05) is 18.2 Å². The smallest absolute Gasteiger partial charge is 0.255 e. The molecule has 2 amide bonds. The number of rotatable bonds is 5. The minimum atomic E-state index is -0.711. The topological polar surface area (TPSA) is 135 Å². The van der Waals surface area contributed by atoms with Crippen molar-refractivity contribution in [2.24, 2.45) is 5.92 Å². The minimum absolute atomic E-state index is 0.134. The van der Waals surface area contributed by atoms with Crippen molar-refractivity contribution in [2.45, 2.75) is 44.9 Å². The van der Waals surface area contributed by atoms with Crippen LogP contribution in [0.15, 0.2) is 35.2 Å². The molecule has 3 aromatic rings. The van der Waals surface area contributed by atoms with Gasteiger partial charge in [-0.1, -0.05) is 5.16 Å². The van der Waals surface area contributed by atoms with Crippen LogP contribution in [0, 0.1) is 12.8 Å². The molecule has 0 radical (unpaired) electrons. The summed E-state index contributed by atoms with van der Waals surface area (Å²) in [7, 11) is 0. The van der Waals surface area contributed by atoms with Crippen LogP contribution in [0.25, 0.3) is 5.65 Å². The van der Waals surface area contributed by atoms with Gasteiger partial charge >= 0.3 is 0 Å². The third-order valence-corrected chi connectivity index (χ3v) is 5.18. The summed E-state index contributed by atoms with van der Waals surface area (Å²) in [6, 6.07) is 4.61. The maximum Gasteiger partial charge on any atom is 0.255 e. The Labute approximate surface area is 166 Å². The number of nitrogens with one attached hydrogen (secondary N) is 2. The summed E-state index contributed by atoms with van der Waals surface area (Å²) in [5.41, 5.74) is 1.55. The number of aryl methyl sites for hydroxylation is 1. The first-order valence-electron chi connectivity index (χ1n) is 9.48. The monoisotopic (exact) mass is 398 g/mol. The number of pyridine rings is 1. The summed E-state index contributed by atoms with van der Waals surface area (Å²) in [4.78, 5) is 25.3. The SMILES string of the molecule is Cc1cc(CNC(=O)[C@H]2CC[C@@H](O)[C@H](NC(=O)c3cccn4cnnc34)C2)on1. The van der Waals surface area contributed by atoms with Gasteiger partial charge in [0.25, 0.3) is 5.91 Å². The van der Waals surface area contributed by atoms with Crippen LogP contribution in [0.5, 0.6) is 0 Å². The maximum absolute atomic E-state index is 12.7. The normalized spacial score (nSPS) is 21.8. The summed E-state index contributed by atoms with van der Waals surface area (Å²) in [6.45, 7) is 2.06. The molecule has 10 heteroatoms. The van der Waals surface area contributed by atoms with Gasteiger partial charge in [-0.25, -0.2) is 0 Å². The van der Waals surface area contributed by atoms with Crippen molar-refractivity contribution in [1.82, 2.24) is 30.4 Å². The van der Waals surface area contributed by atoms with Gasteiger partial charge < -0.3 is 20.3 Å². The summed E-state index contributed by atoms with van der Waals surface area (Å²) >= 11 is 0. The fraction of sp³-hybridized carbons (Fsp3) is 0.421. The van der Waals surface area contributed by atoms with Crippen LogP contribution in [0.4, 0.5) is 0 Å². The first kappa shape index (κ1) is 19.1. The average Bonchev–Trinajstić information content (AvgIpc) is 3.36. The number of aliphatic hydroxyl groups is 1. The van der Waals surface area contributed by atoms with Crippen LogP contribution in [-0.4, -0.2) is 48.8 Å². The van der Waals surface area contributed by atoms with E-state index in [1.165, 1.54) is 6.33 Å². The van der Waals surface area contributed by atoms with Crippen molar-refractivity contribution < 1.29 is 19.2 Å². The van der Waals surface area contributed by atoms with Gasteiger partial charge in [-0.3, -0.25) is 14.0 Å². The first-order chi connectivity index (χ1) is 14.0. The van der Waals surface area contributed by atoms with E-state index < -0.39 is 12.1 Å². The minimum Gasteiger partial charge on any atom is -0.391 e. The van der Waals surface area contributed by atoms with Crippen LogP contribution >= 0.6 is 0 Å². The Morgan fingerprint density at radius 1 is 1.38 bits per heavy atom. The van der Waals surface area contributed by atoms with Gasteiger partial charge in [-0.05, 0) is 38.3 Å². The highest BCUT2D eigenvalue weighted by atomic mass is 16.5. The van der Waals surface area contributed by atoms with E-state index >= 15 is 0 Å². The molecule has 1 fully saturated rings. The molecule has 4 rings (SSSR count). The molecule has 0 bridgehead atoms. The lowest BCUT2D eigenvalue weighted by atomic mass is 9.83. The van der Waals surface area contributed by atoms with Gasteiger partial charge in [0.1, 0.15) is 6.33 Å². The van der Waals surface area contributed by atoms with Crippen molar-refractivity contribution in [3.05, 3.63) is 47.7 Å². The molecule has 0 aliphatic heterocycles. The van der Waals surface area contributed by atoms with Gasteiger partial charge in [0.2, 0.25) is 5.91 Å². The van der Waals surface area contributed by atoms with Crippen molar-refractivity contribution in [3.63, 3.8) is 0 Å². The number of hydrogen-bond donors (Lipinski definition) is 3. The molecule has 0 aromatic carbocycles. The molecule has 29 heavy (non-hydrogen) atoms. The molecule has 3 N–H and O–H groups in total. The molecule has 1 saturated carbocycles. The lowest BCUT2D eigenvalue weighted by molar-refractivity contribution is -0.127. The zero-order chi connectivity index (χ0) is 20.4. The van der Waals surface area contributed by atoms with E-state index in [4.69, 9.17) is 4.52 Å². The molecule has 1 aliphatic carbocycles. The first-order valence-corrected chi connectivity index (χ1v) is 9.48. The van der Waals surface area contributed by atoms with Crippen molar-refractivity contribution >= 4 is 17.5 Å². The molecular formula is C19H22N6O4. The second-order valence-corrected chi connectivity index (χ2v) is 7.29. The largest absolute Gasteiger partial charge is 0.391 e. The zero-order valence-corrected chi connectivity index (χ0v) is 15.9. The van der Waals surface area contributed by atoms with E-state index in [0.717, 1.165) is 5.69 Å². The number of hydrogen-bond acceptors (Lipinski definition) is 7. The predicted octanol–water partition coefficient (Wildman–Crippen LogP) is 0.602. The highest BCUT2D eigenvalue weighted by molar-refractivity contribution is 5.99. The van der Waals surface area contributed by atoms with E-state index in [1.807, 2.05) is 6.92 Å². The number of nitrogens with zero attached hydrogens (tertiary/aromatic N) is 4. The highest BCUT2D eigenvalue weighted by Crippen LogP contribution is 2.25. The summed E-state index contributed by atoms with van der Waals surface area (Å²) < 4.78 is 6.74. The molecular weight excluding hydrogens is 376 g/mol. The predicted molar refractivity (Wildman–Crippen MR) is 101 cm³/mol. The Balaban J connectivity index is 1.39. The zero-order valence-electron chi connectivity index (χ0n) is 15.9. The fourth-order valence-corrected chi connectivity index (χ4v) is 3.64. The Morgan fingerprint density at radius 3 is 3.03 bits per heavy atom. The van der Waals surface area contributed by atoms with E-state index in [1.54, 1.807) is 28.8 Å². The van der Waals surface area contributed by atoms with Crippen LogP contribution in [0.3, 0.4) is 0 Å². The Kier molecular flexibility index (Phi) is 5.26. The fourth-order valence-electron chi connectivity index (χ4n) is 3.64. The highest BCUT2D eigenvalue weighted by Gasteiger charge is 2.34. The molecule has 152 valence electrons. The van der Waals surface area contributed by atoms with Crippen LogP contribution in [-0.2, 0) is 11.3 Å². The van der Waals surface area contributed by atoms with Crippen LogP contribution < -0.4 is 10.6 Å². The molecule has 3 heterocycles. The van der Waals surface area contributed by atoms with E-state index in [-0.39, 0.29) is 24.3 Å². The lowest BCUT2D eigenvalue weighted by Crippen LogP contribution is -2.49. The van der Waals surface area contributed by atoms with E-state index in [2.05, 4.69) is 26.0 Å². The number of amides is 2. The second-order valence-electron chi connectivity index (χ2n) is 7.29. The Hall–Kier alpha value is -3.27. The molecule has 0 unspecified atom stereocenters. The number of carbonyl (C=O) groups is 2. The number of carbonyl (C=O) groups excluding carboxylic acids is 2. The Morgan fingerprint density at radius 2 is 2.24 bits per heavy atom. The quantitative estimate of drug-likeness (QED) is 0.573. The van der Waals surface area contributed by atoms with Crippen molar-refractivity contribution in [1.29, 1.82) is 0 Å². The molecule has 10 nitrogen and oxygen atoms in total. The number of aromatic nitrogens is 4. The van der Waals surface area contributed by atoms with E-state index in [9.17, 15) is 14.7 Å². The molecule has 0 saturated heterocycles. The third kappa shape index (κ3) is 4.11. The van der Waals surface area contributed by atoms with Gasteiger partial charge in [-0.15, -0.1) is 10.2 Å².